The van der Waals surface area contributed by atoms with E-state index in [0.717, 1.165) is 36.5 Å². The molecule has 3 heterocycles. The van der Waals surface area contributed by atoms with Gasteiger partial charge in [-0.3, -0.25) is 9.69 Å². The molecule has 7 heteroatoms. The number of hydrogen-bond donors (Lipinski definition) is 0. The average molecular weight is 415 g/mol. The lowest BCUT2D eigenvalue weighted by Gasteiger charge is -2.33. The number of aromatic nitrogens is 2. The lowest BCUT2D eigenvalue weighted by atomic mass is 10.2. The molecule has 28 heavy (non-hydrogen) atoms. The Morgan fingerprint density at radius 3 is 2.68 bits per heavy atom. The van der Waals surface area contributed by atoms with Crippen LogP contribution in [-0.2, 0) is 11.3 Å². The van der Waals surface area contributed by atoms with E-state index in [9.17, 15) is 4.79 Å². The maximum Gasteiger partial charge on any atom is 0.246 e. The van der Waals surface area contributed by atoms with Gasteiger partial charge in [0.15, 0.2) is 0 Å². The van der Waals surface area contributed by atoms with Gasteiger partial charge in [0.2, 0.25) is 5.91 Å². The number of benzene rings is 1. The van der Waals surface area contributed by atoms with E-state index >= 15 is 0 Å². The quantitative estimate of drug-likeness (QED) is 0.605. The summed E-state index contributed by atoms with van der Waals surface area (Å²) in [5, 5.41) is 0.947. The molecule has 0 unspecified atom stereocenters. The van der Waals surface area contributed by atoms with Gasteiger partial charge in [-0.1, -0.05) is 41.4 Å². The van der Waals surface area contributed by atoms with E-state index in [1.54, 1.807) is 18.2 Å². The van der Waals surface area contributed by atoms with Gasteiger partial charge in [-0.25, -0.2) is 4.98 Å². The molecule has 1 saturated heterocycles. The van der Waals surface area contributed by atoms with Crippen molar-refractivity contribution in [3.8, 4) is 0 Å². The number of fused-ring (bicyclic) bond motifs is 1. The van der Waals surface area contributed by atoms with Crippen molar-refractivity contribution >= 4 is 40.8 Å². The molecule has 1 aliphatic rings. The number of halogens is 2. The van der Waals surface area contributed by atoms with Crippen molar-refractivity contribution in [2.45, 2.75) is 6.54 Å². The number of carbonyl (C=O) groups is 1. The van der Waals surface area contributed by atoms with Gasteiger partial charge >= 0.3 is 0 Å². The summed E-state index contributed by atoms with van der Waals surface area (Å²) in [6.07, 6.45) is 7.35. The molecule has 0 aliphatic carbocycles. The van der Waals surface area contributed by atoms with E-state index in [0.29, 0.717) is 23.1 Å². The monoisotopic (exact) mass is 414 g/mol. The molecular weight excluding hydrogens is 395 g/mol. The molecule has 4 rings (SSSR count). The van der Waals surface area contributed by atoms with Crippen molar-refractivity contribution in [3.05, 3.63) is 76.2 Å². The van der Waals surface area contributed by atoms with Gasteiger partial charge in [-0.05, 0) is 29.8 Å². The first-order valence-corrected chi connectivity index (χ1v) is 9.92. The molecule has 0 bridgehead atoms. The molecule has 0 atom stereocenters. The number of nitrogens with zero attached hydrogens (tertiary/aromatic N) is 4. The Morgan fingerprint density at radius 2 is 1.89 bits per heavy atom. The molecule has 144 valence electrons. The summed E-state index contributed by atoms with van der Waals surface area (Å²) in [7, 11) is 0. The third kappa shape index (κ3) is 4.22. The summed E-state index contributed by atoms with van der Waals surface area (Å²) in [5.41, 5.74) is 2.74. The highest BCUT2D eigenvalue weighted by molar-refractivity contribution is 6.42. The van der Waals surface area contributed by atoms with E-state index < -0.39 is 0 Å². The predicted octanol–water partition coefficient (Wildman–Crippen LogP) is 4.00. The first-order chi connectivity index (χ1) is 13.6. The molecule has 1 aromatic carbocycles. The lowest BCUT2D eigenvalue weighted by molar-refractivity contribution is -0.127. The normalized spacial score (nSPS) is 15.6. The summed E-state index contributed by atoms with van der Waals surface area (Å²) in [6.45, 7) is 3.83. The Balaban J connectivity index is 1.32. The van der Waals surface area contributed by atoms with Gasteiger partial charge in [-0.2, -0.15) is 0 Å². The zero-order chi connectivity index (χ0) is 19.5. The highest BCUT2D eigenvalue weighted by Crippen LogP contribution is 2.26. The molecule has 5 nitrogen and oxygen atoms in total. The third-order valence-electron chi connectivity index (χ3n) is 4.87. The molecule has 2 aromatic heterocycles. The minimum absolute atomic E-state index is 0.0107. The van der Waals surface area contributed by atoms with Crippen LogP contribution in [-0.4, -0.2) is 51.3 Å². The Bertz CT molecular complexity index is 989. The first-order valence-electron chi connectivity index (χ1n) is 9.16. The van der Waals surface area contributed by atoms with Crippen LogP contribution in [0.15, 0.2) is 54.9 Å². The van der Waals surface area contributed by atoms with Crippen LogP contribution >= 0.6 is 23.2 Å². The van der Waals surface area contributed by atoms with Crippen molar-refractivity contribution in [3.63, 3.8) is 0 Å². The molecule has 0 saturated carbocycles. The van der Waals surface area contributed by atoms with Crippen LogP contribution in [0.25, 0.3) is 11.7 Å². The van der Waals surface area contributed by atoms with E-state index in [2.05, 4.69) is 16.1 Å². The second kappa shape index (κ2) is 8.35. The largest absolute Gasteiger partial charge is 0.337 e. The van der Waals surface area contributed by atoms with Gasteiger partial charge < -0.3 is 9.30 Å². The van der Waals surface area contributed by atoms with Gasteiger partial charge in [0.1, 0.15) is 5.65 Å². The van der Waals surface area contributed by atoms with Crippen LogP contribution < -0.4 is 0 Å². The smallest absolute Gasteiger partial charge is 0.246 e. The third-order valence-corrected chi connectivity index (χ3v) is 5.70. The highest BCUT2D eigenvalue weighted by atomic mass is 35.5. The van der Waals surface area contributed by atoms with E-state index in [4.69, 9.17) is 23.2 Å². The van der Waals surface area contributed by atoms with Crippen molar-refractivity contribution < 1.29 is 4.79 Å². The fourth-order valence-corrected chi connectivity index (χ4v) is 3.71. The second-order valence-corrected chi connectivity index (χ2v) is 7.56. The minimum atomic E-state index is -0.0107. The van der Waals surface area contributed by atoms with Gasteiger partial charge in [0.25, 0.3) is 0 Å². The molecule has 0 spiro atoms. The van der Waals surface area contributed by atoms with Gasteiger partial charge in [-0.15, -0.1) is 0 Å². The summed E-state index contributed by atoms with van der Waals surface area (Å²) in [4.78, 5) is 21.3. The summed E-state index contributed by atoms with van der Waals surface area (Å²) in [6, 6.07) is 11.4. The number of imidazole rings is 1. The van der Waals surface area contributed by atoms with Crippen LogP contribution in [0.1, 0.15) is 11.3 Å². The van der Waals surface area contributed by atoms with E-state index in [1.165, 1.54) is 0 Å². The number of carbonyl (C=O) groups excluding carboxylic acids is 1. The van der Waals surface area contributed by atoms with Gasteiger partial charge in [0, 0.05) is 51.2 Å². The number of piperazine rings is 1. The number of rotatable bonds is 4. The molecule has 1 amide bonds. The molecule has 0 radical (unpaired) electrons. The second-order valence-electron chi connectivity index (χ2n) is 6.78. The summed E-state index contributed by atoms with van der Waals surface area (Å²) < 4.78 is 2.03. The van der Waals surface area contributed by atoms with Crippen molar-refractivity contribution in [2.24, 2.45) is 0 Å². The average Bonchev–Trinajstić information content (AvgIpc) is 3.11. The van der Waals surface area contributed by atoms with E-state index in [1.807, 2.05) is 45.8 Å². The summed E-state index contributed by atoms with van der Waals surface area (Å²) >= 11 is 12.2. The highest BCUT2D eigenvalue weighted by Gasteiger charge is 2.20. The number of hydrogen-bond acceptors (Lipinski definition) is 3. The maximum absolute atomic E-state index is 12.5. The van der Waals surface area contributed by atoms with Crippen molar-refractivity contribution in [2.75, 3.05) is 26.2 Å². The SMILES string of the molecule is O=C(/C=C/c1cccc(Cl)c1Cl)N1CCN(Cc2cn3ccccc3n2)CC1. The number of amides is 1. The standard InChI is InChI=1S/C21H20Cl2N4O/c22-18-5-3-4-16(21(18)23)7-8-20(28)26-12-10-25(11-13-26)14-17-15-27-9-2-1-6-19(27)24-17/h1-9,15H,10-14H2/b8-7+. The summed E-state index contributed by atoms with van der Waals surface area (Å²) in [5.74, 6) is -0.0107. The molecule has 1 fully saturated rings. The molecular formula is C21H20Cl2N4O. The van der Waals surface area contributed by atoms with Crippen LogP contribution in [0.2, 0.25) is 10.0 Å². The van der Waals surface area contributed by atoms with Crippen LogP contribution in [0, 0.1) is 0 Å². The zero-order valence-corrected chi connectivity index (χ0v) is 16.8. The lowest BCUT2D eigenvalue weighted by Crippen LogP contribution is -2.47. The Labute approximate surface area is 173 Å². The predicted molar refractivity (Wildman–Crippen MR) is 113 cm³/mol. The van der Waals surface area contributed by atoms with E-state index in [-0.39, 0.29) is 5.91 Å². The van der Waals surface area contributed by atoms with Crippen LogP contribution in [0.3, 0.4) is 0 Å². The Morgan fingerprint density at radius 1 is 1.07 bits per heavy atom. The Hall–Kier alpha value is -2.34. The fourth-order valence-electron chi connectivity index (χ4n) is 3.33. The Kier molecular flexibility index (Phi) is 5.67. The van der Waals surface area contributed by atoms with Gasteiger partial charge in [0.05, 0.1) is 15.7 Å². The number of pyridine rings is 1. The molecule has 1 aliphatic heterocycles. The topological polar surface area (TPSA) is 40.9 Å². The molecule has 0 N–H and O–H groups in total. The van der Waals surface area contributed by atoms with Crippen LogP contribution in [0.5, 0.6) is 0 Å². The zero-order valence-electron chi connectivity index (χ0n) is 15.3. The minimum Gasteiger partial charge on any atom is -0.337 e. The van der Waals surface area contributed by atoms with Crippen LogP contribution in [0.4, 0.5) is 0 Å². The van der Waals surface area contributed by atoms with Crippen molar-refractivity contribution in [1.29, 1.82) is 0 Å². The van der Waals surface area contributed by atoms with Crippen molar-refractivity contribution in [1.82, 2.24) is 19.2 Å². The fraction of sp³-hybridized carbons (Fsp3) is 0.238. The first kappa shape index (κ1) is 19.0. The molecule has 3 aromatic rings. The maximum atomic E-state index is 12.5.